The molecule has 0 unspecified atom stereocenters. The molecule has 0 fully saturated rings. The maximum absolute atomic E-state index is 9.42. The molecule has 0 aliphatic heterocycles. The molecule has 0 saturated heterocycles. The maximum atomic E-state index is 9.42. The summed E-state index contributed by atoms with van der Waals surface area (Å²) in [5.41, 5.74) is 3.27. The van der Waals surface area contributed by atoms with Crippen LogP contribution in [0.2, 0.25) is 0 Å². The highest BCUT2D eigenvalue weighted by molar-refractivity contribution is 9.10. The molecule has 0 aliphatic carbocycles. The second-order valence-corrected chi connectivity index (χ2v) is 5.37. The van der Waals surface area contributed by atoms with Gasteiger partial charge in [0.15, 0.2) is 0 Å². The minimum absolute atomic E-state index is 0.0500. The van der Waals surface area contributed by atoms with Crippen molar-refractivity contribution < 1.29 is 5.11 Å². The molecule has 2 aromatic rings. The largest absolute Gasteiger partial charge is 0.392 e. The van der Waals surface area contributed by atoms with Gasteiger partial charge in [0, 0.05) is 41.7 Å². The van der Waals surface area contributed by atoms with E-state index < -0.39 is 0 Å². The molecule has 1 heterocycles. The predicted octanol–water partition coefficient (Wildman–Crippen LogP) is 3.02. The third-order valence-corrected chi connectivity index (χ3v) is 3.60. The van der Waals surface area contributed by atoms with Crippen molar-refractivity contribution in [2.75, 3.05) is 18.5 Å². The lowest BCUT2D eigenvalue weighted by Crippen LogP contribution is -2.21. The average molecular weight is 321 g/mol. The van der Waals surface area contributed by atoms with Gasteiger partial charge in [-0.25, -0.2) is 0 Å². The monoisotopic (exact) mass is 320 g/mol. The summed E-state index contributed by atoms with van der Waals surface area (Å²) < 4.78 is 0.989. The van der Waals surface area contributed by atoms with Crippen LogP contribution >= 0.6 is 15.9 Å². The minimum Gasteiger partial charge on any atom is -0.392 e. The number of hydrogen-bond donors (Lipinski definition) is 1. The van der Waals surface area contributed by atoms with Gasteiger partial charge in [-0.15, -0.1) is 0 Å². The quantitative estimate of drug-likeness (QED) is 0.920. The Bertz CT molecular complexity index is 531. The van der Waals surface area contributed by atoms with E-state index in [9.17, 15) is 5.11 Å². The summed E-state index contributed by atoms with van der Waals surface area (Å²) in [5.74, 6) is 0. The Morgan fingerprint density at radius 1 is 1.21 bits per heavy atom. The first-order valence-electron chi connectivity index (χ1n) is 6.20. The Morgan fingerprint density at radius 3 is 2.63 bits per heavy atom. The van der Waals surface area contributed by atoms with E-state index in [4.69, 9.17) is 0 Å². The number of hydrogen-bond acceptors (Lipinski definition) is 3. The number of pyridine rings is 1. The molecule has 0 bridgehead atoms. The van der Waals surface area contributed by atoms with Crippen LogP contribution in [0.15, 0.2) is 47.2 Å². The van der Waals surface area contributed by atoms with Gasteiger partial charge in [0.1, 0.15) is 0 Å². The first-order valence-corrected chi connectivity index (χ1v) is 6.99. The first-order chi connectivity index (χ1) is 9.20. The van der Waals surface area contributed by atoms with Gasteiger partial charge in [0.2, 0.25) is 0 Å². The Hall–Kier alpha value is -1.39. The van der Waals surface area contributed by atoms with E-state index in [2.05, 4.69) is 25.8 Å². The molecule has 3 nitrogen and oxygen atoms in total. The van der Waals surface area contributed by atoms with Crippen molar-refractivity contribution in [3.63, 3.8) is 0 Å². The Morgan fingerprint density at radius 2 is 1.95 bits per heavy atom. The van der Waals surface area contributed by atoms with E-state index in [0.717, 1.165) is 28.7 Å². The molecule has 0 atom stereocenters. The minimum atomic E-state index is 0.0500. The molecule has 0 aliphatic rings. The molecule has 1 aromatic carbocycles. The van der Waals surface area contributed by atoms with Crippen molar-refractivity contribution >= 4 is 21.6 Å². The highest BCUT2D eigenvalue weighted by atomic mass is 79.9. The van der Waals surface area contributed by atoms with Crippen molar-refractivity contribution in [3.8, 4) is 0 Å². The molecule has 0 saturated carbocycles. The van der Waals surface area contributed by atoms with Crippen LogP contribution in [0.25, 0.3) is 0 Å². The second kappa shape index (κ2) is 6.68. The summed E-state index contributed by atoms with van der Waals surface area (Å²) in [7, 11) is 2.05. The number of rotatable bonds is 5. The number of halogens is 1. The fourth-order valence-electron chi connectivity index (χ4n) is 2.02. The normalized spacial score (nSPS) is 10.5. The number of aliphatic hydroxyl groups is 1. The molecule has 0 radical (unpaired) electrons. The van der Waals surface area contributed by atoms with Crippen LogP contribution < -0.4 is 4.90 Å². The highest BCUT2D eigenvalue weighted by Gasteiger charge is 2.07. The Balaban J connectivity index is 2.05. The SMILES string of the molecule is CN(CCc1ccncc1)c1ccc(Br)cc1CO. The van der Waals surface area contributed by atoms with Crippen LogP contribution in [0, 0.1) is 0 Å². The fraction of sp³-hybridized carbons (Fsp3) is 0.267. The number of aliphatic hydroxyl groups excluding tert-OH is 1. The van der Waals surface area contributed by atoms with E-state index in [0.29, 0.717) is 0 Å². The molecule has 0 amide bonds. The zero-order chi connectivity index (χ0) is 13.7. The summed E-state index contributed by atoms with van der Waals surface area (Å²) >= 11 is 3.43. The van der Waals surface area contributed by atoms with Gasteiger partial charge < -0.3 is 10.0 Å². The lowest BCUT2D eigenvalue weighted by Gasteiger charge is -2.22. The predicted molar refractivity (Wildman–Crippen MR) is 81.3 cm³/mol. The molecule has 0 spiro atoms. The van der Waals surface area contributed by atoms with Crippen LogP contribution in [-0.4, -0.2) is 23.7 Å². The number of likely N-dealkylation sites (N-methyl/N-ethyl adjacent to an activating group) is 1. The van der Waals surface area contributed by atoms with E-state index in [1.807, 2.05) is 49.8 Å². The Labute approximate surface area is 122 Å². The summed E-state index contributed by atoms with van der Waals surface area (Å²) in [5, 5.41) is 9.42. The molecular formula is C15H17BrN2O. The van der Waals surface area contributed by atoms with Crippen molar-refractivity contribution in [1.29, 1.82) is 0 Å². The molecule has 19 heavy (non-hydrogen) atoms. The van der Waals surface area contributed by atoms with Crippen molar-refractivity contribution in [2.45, 2.75) is 13.0 Å². The highest BCUT2D eigenvalue weighted by Crippen LogP contribution is 2.24. The third-order valence-electron chi connectivity index (χ3n) is 3.11. The van der Waals surface area contributed by atoms with Crippen molar-refractivity contribution in [3.05, 3.63) is 58.3 Å². The number of aromatic nitrogens is 1. The van der Waals surface area contributed by atoms with E-state index in [1.54, 1.807) is 0 Å². The van der Waals surface area contributed by atoms with Gasteiger partial charge in [-0.1, -0.05) is 15.9 Å². The Kier molecular flexibility index (Phi) is 4.93. The first kappa shape index (κ1) is 14.0. The summed E-state index contributed by atoms with van der Waals surface area (Å²) in [6, 6.07) is 10.0. The lowest BCUT2D eigenvalue weighted by atomic mass is 10.1. The van der Waals surface area contributed by atoms with Crippen molar-refractivity contribution in [1.82, 2.24) is 4.98 Å². The summed E-state index contributed by atoms with van der Waals surface area (Å²) in [6.07, 6.45) is 4.59. The molecular weight excluding hydrogens is 304 g/mol. The van der Waals surface area contributed by atoms with Crippen LogP contribution in [0.5, 0.6) is 0 Å². The van der Waals surface area contributed by atoms with Crippen LogP contribution in [-0.2, 0) is 13.0 Å². The van der Waals surface area contributed by atoms with Crippen molar-refractivity contribution in [2.24, 2.45) is 0 Å². The van der Waals surface area contributed by atoms with Gasteiger partial charge in [-0.2, -0.15) is 0 Å². The van der Waals surface area contributed by atoms with Crippen LogP contribution in [0.4, 0.5) is 5.69 Å². The maximum Gasteiger partial charge on any atom is 0.0702 e. The number of nitrogens with zero attached hydrogens (tertiary/aromatic N) is 2. The smallest absolute Gasteiger partial charge is 0.0702 e. The summed E-state index contributed by atoms with van der Waals surface area (Å²) in [4.78, 5) is 6.18. The van der Waals surface area contributed by atoms with Gasteiger partial charge in [-0.3, -0.25) is 4.98 Å². The van der Waals surface area contributed by atoms with Gasteiger partial charge in [0.05, 0.1) is 6.61 Å². The van der Waals surface area contributed by atoms with Gasteiger partial charge in [0.25, 0.3) is 0 Å². The zero-order valence-corrected chi connectivity index (χ0v) is 12.5. The molecule has 100 valence electrons. The van der Waals surface area contributed by atoms with Gasteiger partial charge in [-0.05, 0) is 42.3 Å². The molecule has 1 N–H and O–H groups in total. The topological polar surface area (TPSA) is 36.4 Å². The standard InChI is InChI=1S/C15H17BrN2O/c1-18(9-6-12-4-7-17-8-5-12)15-3-2-14(16)10-13(15)11-19/h2-5,7-8,10,19H,6,9,11H2,1H3. The molecule has 1 aromatic heterocycles. The van der Waals surface area contributed by atoms with Crippen LogP contribution in [0.3, 0.4) is 0 Å². The molecule has 2 rings (SSSR count). The summed E-state index contributed by atoms with van der Waals surface area (Å²) in [6.45, 7) is 0.951. The average Bonchev–Trinajstić information content (AvgIpc) is 2.45. The zero-order valence-electron chi connectivity index (χ0n) is 10.9. The fourth-order valence-corrected chi connectivity index (χ4v) is 2.43. The lowest BCUT2D eigenvalue weighted by molar-refractivity contribution is 0.282. The van der Waals surface area contributed by atoms with E-state index >= 15 is 0 Å². The van der Waals surface area contributed by atoms with Gasteiger partial charge >= 0.3 is 0 Å². The number of anilines is 1. The third kappa shape index (κ3) is 3.78. The second-order valence-electron chi connectivity index (χ2n) is 4.46. The van der Waals surface area contributed by atoms with E-state index in [-0.39, 0.29) is 6.61 Å². The molecule has 4 heteroatoms. The number of benzene rings is 1. The van der Waals surface area contributed by atoms with Crippen LogP contribution in [0.1, 0.15) is 11.1 Å². The van der Waals surface area contributed by atoms with E-state index in [1.165, 1.54) is 5.56 Å².